The van der Waals surface area contributed by atoms with Gasteiger partial charge in [0.25, 0.3) is 0 Å². The molecule has 6 heteroatoms. The van der Waals surface area contributed by atoms with E-state index in [0.29, 0.717) is 31.1 Å². The van der Waals surface area contributed by atoms with Crippen LogP contribution in [0.3, 0.4) is 0 Å². The Morgan fingerprint density at radius 1 is 0.962 bits per heavy atom. The number of nitrogens with zero attached hydrogens (tertiary/aromatic N) is 3. The molecule has 3 rings (SSSR count). The third-order valence-electron chi connectivity index (χ3n) is 4.90. The van der Waals surface area contributed by atoms with Gasteiger partial charge in [-0.3, -0.25) is 4.90 Å². The van der Waals surface area contributed by atoms with E-state index in [9.17, 15) is 13.7 Å². The highest BCUT2D eigenvalue weighted by molar-refractivity contribution is 7.89. The summed E-state index contributed by atoms with van der Waals surface area (Å²) in [6.45, 7) is 5.79. The summed E-state index contributed by atoms with van der Waals surface area (Å²) in [7, 11) is -3.48. The van der Waals surface area contributed by atoms with Crippen molar-refractivity contribution in [1.29, 1.82) is 5.26 Å². The molecule has 0 aliphatic carbocycles. The fraction of sp³-hybridized carbons (Fsp3) is 0.350. The average Bonchev–Trinajstić information content (AvgIpc) is 2.65. The normalized spacial score (nSPS) is 17.6. The topological polar surface area (TPSA) is 64.4 Å². The fourth-order valence-electron chi connectivity index (χ4n) is 3.30. The van der Waals surface area contributed by atoms with Crippen molar-refractivity contribution in [2.75, 3.05) is 26.2 Å². The smallest absolute Gasteiger partial charge is 0.243 e. The first-order valence-corrected chi connectivity index (χ1v) is 10.1. The molecule has 0 N–H and O–H groups in total. The number of hydrogen-bond donors (Lipinski definition) is 0. The van der Waals surface area contributed by atoms with Crippen LogP contribution in [-0.4, -0.2) is 43.8 Å². The lowest BCUT2D eigenvalue weighted by atomic mass is 10.0. The van der Waals surface area contributed by atoms with Crippen LogP contribution in [0.2, 0.25) is 0 Å². The minimum Gasteiger partial charge on any atom is -0.282 e. The van der Waals surface area contributed by atoms with Crippen molar-refractivity contribution in [3.63, 3.8) is 0 Å². The molecule has 1 unspecified atom stereocenters. The van der Waals surface area contributed by atoms with E-state index in [1.54, 1.807) is 12.1 Å². The molecule has 1 fully saturated rings. The monoisotopic (exact) mass is 369 g/mol. The molecule has 5 nitrogen and oxygen atoms in total. The lowest BCUT2D eigenvalue weighted by Gasteiger charge is -2.36. The highest BCUT2D eigenvalue weighted by Gasteiger charge is 2.31. The van der Waals surface area contributed by atoms with Crippen LogP contribution in [0.25, 0.3) is 0 Å². The van der Waals surface area contributed by atoms with E-state index in [0.717, 1.165) is 16.7 Å². The summed E-state index contributed by atoms with van der Waals surface area (Å²) in [5.41, 5.74) is 3.10. The second-order valence-electron chi connectivity index (χ2n) is 6.64. The van der Waals surface area contributed by atoms with Gasteiger partial charge in [-0.05, 0) is 37.1 Å². The van der Waals surface area contributed by atoms with E-state index in [4.69, 9.17) is 0 Å². The zero-order chi connectivity index (χ0) is 18.7. The molecule has 2 aromatic carbocycles. The van der Waals surface area contributed by atoms with Crippen LogP contribution in [0.15, 0.2) is 53.4 Å². The van der Waals surface area contributed by atoms with Gasteiger partial charge in [-0.1, -0.05) is 42.0 Å². The van der Waals surface area contributed by atoms with Gasteiger partial charge in [0, 0.05) is 26.2 Å². The molecular weight excluding hydrogens is 346 g/mol. The number of nitriles is 1. The highest BCUT2D eigenvalue weighted by atomic mass is 32.2. The maximum Gasteiger partial charge on any atom is 0.243 e. The van der Waals surface area contributed by atoms with Gasteiger partial charge in [-0.2, -0.15) is 9.57 Å². The van der Waals surface area contributed by atoms with Gasteiger partial charge in [0.1, 0.15) is 6.04 Å². The predicted octanol–water partition coefficient (Wildman–Crippen LogP) is 2.87. The zero-order valence-electron chi connectivity index (χ0n) is 15.1. The van der Waals surface area contributed by atoms with Crippen LogP contribution in [0.1, 0.15) is 22.7 Å². The Kier molecular flexibility index (Phi) is 5.42. The third kappa shape index (κ3) is 3.65. The Morgan fingerprint density at radius 3 is 2.15 bits per heavy atom. The summed E-state index contributed by atoms with van der Waals surface area (Å²) in [5, 5.41) is 9.66. The first-order chi connectivity index (χ1) is 12.4. The van der Waals surface area contributed by atoms with Gasteiger partial charge in [0.05, 0.1) is 11.0 Å². The van der Waals surface area contributed by atoms with E-state index in [1.165, 1.54) is 4.31 Å². The standard InChI is InChI=1S/C20H23N3O2S/c1-16-7-9-18(10-8-16)26(24,25)23-13-11-22(12-14-23)20(15-21)19-6-4-3-5-17(19)2/h3-10,20H,11-14H2,1-2H3. The van der Waals surface area contributed by atoms with E-state index in [-0.39, 0.29) is 6.04 Å². The summed E-state index contributed by atoms with van der Waals surface area (Å²) in [6.07, 6.45) is 0. The van der Waals surface area contributed by atoms with Crippen molar-refractivity contribution in [2.24, 2.45) is 0 Å². The van der Waals surface area contributed by atoms with Crippen molar-refractivity contribution in [3.05, 3.63) is 65.2 Å². The lowest BCUT2D eigenvalue weighted by molar-refractivity contribution is 0.162. The molecule has 136 valence electrons. The maximum absolute atomic E-state index is 12.8. The predicted molar refractivity (Wildman–Crippen MR) is 101 cm³/mol. The summed E-state index contributed by atoms with van der Waals surface area (Å²) in [5.74, 6) is 0. The Labute approximate surface area is 155 Å². The van der Waals surface area contributed by atoms with Gasteiger partial charge < -0.3 is 0 Å². The molecule has 1 saturated heterocycles. The van der Waals surface area contributed by atoms with Crippen molar-refractivity contribution in [3.8, 4) is 6.07 Å². The highest BCUT2D eigenvalue weighted by Crippen LogP contribution is 2.26. The van der Waals surface area contributed by atoms with Crippen LogP contribution in [0, 0.1) is 25.2 Å². The van der Waals surface area contributed by atoms with Gasteiger partial charge in [-0.25, -0.2) is 8.42 Å². The first kappa shape index (κ1) is 18.6. The largest absolute Gasteiger partial charge is 0.282 e. The molecule has 26 heavy (non-hydrogen) atoms. The molecule has 0 saturated carbocycles. The van der Waals surface area contributed by atoms with Gasteiger partial charge in [-0.15, -0.1) is 0 Å². The number of hydrogen-bond acceptors (Lipinski definition) is 4. The quantitative estimate of drug-likeness (QED) is 0.831. The second kappa shape index (κ2) is 7.58. The van der Waals surface area contributed by atoms with Crippen LogP contribution in [0.5, 0.6) is 0 Å². The molecule has 1 atom stereocenters. The fourth-order valence-corrected chi connectivity index (χ4v) is 4.73. The van der Waals surface area contributed by atoms with Crippen molar-refractivity contribution in [2.45, 2.75) is 24.8 Å². The third-order valence-corrected chi connectivity index (χ3v) is 6.82. The summed E-state index contributed by atoms with van der Waals surface area (Å²) >= 11 is 0. The average molecular weight is 369 g/mol. The molecule has 2 aromatic rings. The molecule has 1 heterocycles. The molecule has 1 aliphatic rings. The molecule has 0 aromatic heterocycles. The SMILES string of the molecule is Cc1ccc(S(=O)(=O)N2CCN(C(C#N)c3ccccc3C)CC2)cc1. The van der Waals surface area contributed by atoms with E-state index < -0.39 is 10.0 Å². The number of aryl methyl sites for hydroxylation is 2. The van der Waals surface area contributed by atoms with Gasteiger partial charge in [0.15, 0.2) is 0 Å². The minimum atomic E-state index is -3.48. The lowest BCUT2D eigenvalue weighted by Crippen LogP contribution is -2.49. The van der Waals surface area contributed by atoms with E-state index >= 15 is 0 Å². The summed E-state index contributed by atoms with van der Waals surface area (Å²) in [4.78, 5) is 2.39. The van der Waals surface area contributed by atoms with Crippen molar-refractivity contribution in [1.82, 2.24) is 9.21 Å². The minimum absolute atomic E-state index is 0.326. The molecule has 0 bridgehead atoms. The van der Waals surface area contributed by atoms with Crippen LogP contribution >= 0.6 is 0 Å². The number of benzene rings is 2. The van der Waals surface area contributed by atoms with Crippen molar-refractivity contribution < 1.29 is 8.42 Å². The van der Waals surface area contributed by atoms with Crippen LogP contribution < -0.4 is 0 Å². The summed E-state index contributed by atoms with van der Waals surface area (Å²) in [6, 6.07) is 16.8. The van der Waals surface area contributed by atoms with Gasteiger partial charge in [0.2, 0.25) is 10.0 Å². The Hall–Kier alpha value is -2.20. The molecule has 0 amide bonds. The molecule has 0 spiro atoms. The first-order valence-electron chi connectivity index (χ1n) is 8.69. The molecule has 1 aliphatic heterocycles. The maximum atomic E-state index is 12.8. The van der Waals surface area contributed by atoms with E-state index in [2.05, 4.69) is 11.0 Å². The number of rotatable bonds is 4. The number of piperazine rings is 1. The van der Waals surface area contributed by atoms with Crippen LogP contribution in [-0.2, 0) is 10.0 Å². The van der Waals surface area contributed by atoms with Crippen molar-refractivity contribution >= 4 is 10.0 Å². The number of sulfonamides is 1. The molecule has 0 radical (unpaired) electrons. The Balaban J connectivity index is 1.73. The Morgan fingerprint density at radius 2 is 1.58 bits per heavy atom. The summed E-state index contributed by atoms with van der Waals surface area (Å²) < 4.78 is 27.1. The van der Waals surface area contributed by atoms with Crippen LogP contribution in [0.4, 0.5) is 0 Å². The Bertz CT molecular complexity index is 909. The van der Waals surface area contributed by atoms with Gasteiger partial charge >= 0.3 is 0 Å². The second-order valence-corrected chi connectivity index (χ2v) is 8.58. The van der Waals surface area contributed by atoms with E-state index in [1.807, 2.05) is 50.2 Å². The zero-order valence-corrected chi connectivity index (χ0v) is 15.9. The molecular formula is C20H23N3O2S.